The number of nitrogens with one attached hydrogen (secondary N) is 2. The normalized spacial score (nSPS) is 13.0. The fourth-order valence-electron chi connectivity index (χ4n) is 4.12. The maximum absolute atomic E-state index is 5.15. The number of hydrogen-bond donors (Lipinski definition) is 4. The third kappa shape index (κ3) is 6.14. The van der Waals surface area contributed by atoms with Crippen LogP contribution in [-0.2, 0) is 13.0 Å². The van der Waals surface area contributed by atoms with Gasteiger partial charge in [-0.25, -0.2) is 10.8 Å². The minimum absolute atomic E-state index is 0.477. The molecular formula is C28H38N8. The number of anilines is 1. The molecule has 0 bridgehead atoms. The number of hydrogen-bond acceptors (Lipinski definition) is 6. The van der Waals surface area contributed by atoms with Gasteiger partial charge in [-0.2, -0.15) is 5.10 Å². The Labute approximate surface area is 214 Å². The van der Waals surface area contributed by atoms with E-state index in [1.807, 2.05) is 30.3 Å². The highest BCUT2D eigenvalue weighted by atomic mass is 15.3. The number of nitrogens with zero attached hydrogens (tertiary/aromatic N) is 4. The molecule has 36 heavy (non-hydrogen) atoms. The van der Waals surface area contributed by atoms with Crippen molar-refractivity contribution in [1.82, 2.24) is 20.3 Å². The average molecular weight is 487 g/mol. The van der Waals surface area contributed by atoms with Gasteiger partial charge < -0.3 is 26.1 Å². The number of nitrogens with two attached hydrogens (primary N) is 2. The zero-order valence-corrected chi connectivity index (χ0v) is 21.6. The Morgan fingerprint density at radius 1 is 1.06 bits per heavy atom. The molecule has 2 heterocycles. The first kappa shape index (κ1) is 26.6. The number of imidazole rings is 1. The molecule has 8 nitrogen and oxygen atoms in total. The molecule has 1 aliphatic heterocycles. The second-order valence-electron chi connectivity index (χ2n) is 8.71. The Morgan fingerprint density at radius 3 is 2.33 bits per heavy atom. The maximum atomic E-state index is 5.15. The highest BCUT2D eigenvalue weighted by molar-refractivity contribution is 5.98. The molecule has 0 saturated carbocycles. The summed E-state index contributed by atoms with van der Waals surface area (Å²) in [5.41, 5.74) is 7.80. The average Bonchev–Trinajstić information content (AvgIpc) is 3.23. The quantitative estimate of drug-likeness (QED) is 0.172. The molecule has 0 fully saturated rings. The molecule has 0 spiro atoms. The predicted octanol–water partition coefficient (Wildman–Crippen LogP) is 4.22. The van der Waals surface area contributed by atoms with E-state index in [9.17, 15) is 0 Å². The van der Waals surface area contributed by atoms with Crippen molar-refractivity contribution < 1.29 is 0 Å². The summed E-state index contributed by atoms with van der Waals surface area (Å²) in [6.45, 7) is 16.6. The largest absolute Gasteiger partial charge is 0.341 e. The third-order valence-electron chi connectivity index (χ3n) is 5.89. The first-order valence-electron chi connectivity index (χ1n) is 12.3. The summed E-state index contributed by atoms with van der Waals surface area (Å²) in [7, 11) is 0. The van der Waals surface area contributed by atoms with E-state index in [2.05, 4.69) is 83.5 Å². The molecular weight excluding hydrogens is 448 g/mol. The molecule has 0 radical (unpaired) electrons. The van der Waals surface area contributed by atoms with Gasteiger partial charge in [0.25, 0.3) is 0 Å². The third-order valence-corrected chi connectivity index (χ3v) is 5.89. The van der Waals surface area contributed by atoms with Crippen molar-refractivity contribution in [2.75, 3.05) is 11.4 Å². The van der Waals surface area contributed by atoms with Crippen LogP contribution >= 0.6 is 0 Å². The number of amidine groups is 1. The van der Waals surface area contributed by atoms with E-state index in [1.54, 1.807) is 0 Å². The van der Waals surface area contributed by atoms with Gasteiger partial charge in [-0.05, 0) is 25.3 Å². The molecule has 1 aliphatic rings. The molecule has 1 aromatic heterocycles. The number of benzene rings is 2. The number of hydrazone groups is 1. The van der Waals surface area contributed by atoms with Crippen LogP contribution in [0.1, 0.15) is 54.9 Å². The standard InChI is InChI=1S/C21H28N4.C7H10N4/c1-6-8-19-23-21-20(16(4)22-17(5)24(21)13-7-2)25(19)14-18-11-9-15(3)10-12-18;8-10-7(11-9)6-4-2-1-3-5-6/h9-12,22H,4-8,13-14H2,1-3H3;1-5H,8-9H2,(H,10,11). The van der Waals surface area contributed by atoms with Crippen LogP contribution < -0.4 is 27.3 Å². The number of rotatable bonds is 7. The molecule has 4 rings (SSSR count). The number of aryl methyl sites for hydroxylation is 2. The van der Waals surface area contributed by atoms with Crippen molar-refractivity contribution in [3.8, 4) is 0 Å². The molecule has 6 N–H and O–H groups in total. The van der Waals surface area contributed by atoms with E-state index in [0.29, 0.717) is 5.84 Å². The Kier molecular flexibility index (Phi) is 9.30. The van der Waals surface area contributed by atoms with Gasteiger partial charge >= 0.3 is 0 Å². The Bertz CT molecular complexity index is 1190. The van der Waals surface area contributed by atoms with Gasteiger partial charge in [0.15, 0.2) is 11.7 Å². The summed E-state index contributed by atoms with van der Waals surface area (Å²) in [6.07, 6.45) is 3.07. The molecule has 190 valence electrons. The van der Waals surface area contributed by atoms with Crippen molar-refractivity contribution in [2.45, 2.75) is 46.6 Å². The number of aromatic nitrogens is 2. The maximum Gasteiger partial charge on any atom is 0.166 e. The van der Waals surface area contributed by atoms with Crippen LogP contribution in [0.15, 0.2) is 78.7 Å². The van der Waals surface area contributed by atoms with Crippen molar-refractivity contribution in [2.24, 2.45) is 16.8 Å². The van der Waals surface area contributed by atoms with Gasteiger partial charge in [0, 0.05) is 25.1 Å². The van der Waals surface area contributed by atoms with Gasteiger partial charge in [-0.1, -0.05) is 87.2 Å². The van der Waals surface area contributed by atoms with Crippen LogP contribution in [-0.4, -0.2) is 21.9 Å². The predicted molar refractivity (Wildman–Crippen MR) is 150 cm³/mol. The van der Waals surface area contributed by atoms with Gasteiger partial charge in [0.1, 0.15) is 17.3 Å². The summed E-state index contributed by atoms with van der Waals surface area (Å²) in [5, 5.41) is 6.79. The van der Waals surface area contributed by atoms with Crippen LogP contribution in [0.25, 0.3) is 5.70 Å². The highest BCUT2D eigenvalue weighted by Gasteiger charge is 2.29. The lowest BCUT2D eigenvalue weighted by Gasteiger charge is -2.32. The van der Waals surface area contributed by atoms with Crippen molar-refractivity contribution >= 4 is 17.4 Å². The highest BCUT2D eigenvalue weighted by Crippen LogP contribution is 2.34. The van der Waals surface area contributed by atoms with Gasteiger partial charge in [-0.3, -0.25) is 0 Å². The van der Waals surface area contributed by atoms with E-state index >= 15 is 0 Å². The molecule has 0 aliphatic carbocycles. The SMILES string of the molecule is C=C1NC(=C)N(CCC)c2nc(CCC)n(Cc3ccc(C)cc3)c21.N/N=C(\NN)c1ccccc1. The van der Waals surface area contributed by atoms with Crippen molar-refractivity contribution in [3.05, 3.63) is 102 Å². The molecule has 0 unspecified atom stereocenters. The van der Waals surface area contributed by atoms with Gasteiger partial charge in [-0.15, -0.1) is 0 Å². The second-order valence-corrected chi connectivity index (χ2v) is 8.71. The molecule has 0 atom stereocenters. The fraction of sp³-hybridized carbons (Fsp3) is 0.286. The van der Waals surface area contributed by atoms with Gasteiger partial charge in [0.05, 0.1) is 5.70 Å². The minimum atomic E-state index is 0.477. The molecule has 0 amide bonds. The van der Waals surface area contributed by atoms with Crippen LogP contribution in [0.4, 0.5) is 5.82 Å². The topological polar surface area (TPSA) is 110 Å². The molecule has 2 aromatic carbocycles. The summed E-state index contributed by atoms with van der Waals surface area (Å²) >= 11 is 0. The molecule has 3 aromatic rings. The Morgan fingerprint density at radius 2 is 1.75 bits per heavy atom. The molecule has 8 heteroatoms. The van der Waals surface area contributed by atoms with Crippen LogP contribution in [0.3, 0.4) is 0 Å². The Balaban J connectivity index is 0.000000275. The number of hydrazine groups is 1. The first-order valence-corrected chi connectivity index (χ1v) is 12.3. The second kappa shape index (κ2) is 12.6. The first-order chi connectivity index (χ1) is 17.4. The van der Waals surface area contributed by atoms with Crippen LogP contribution in [0.2, 0.25) is 0 Å². The summed E-state index contributed by atoms with van der Waals surface area (Å²) < 4.78 is 2.31. The number of fused-ring (bicyclic) bond motifs is 1. The van der Waals surface area contributed by atoms with E-state index < -0.39 is 0 Å². The molecule has 0 saturated heterocycles. The van der Waals surface area contributed by atoms with Gasteiger partial charge in [0.2, 0.25) is 0 Å². The lowest BCUT2D eigenvalue weighted by Crippen LogP contribution is -2.36. The lowest BCUT2D eigenvalue weighted by atomic mass is 10.1. The summed E-state index contributed by atoms with van der Waals surface area (Å²) in [5.74, 6) is 13.7. The van der Waals surface area contributed by atoms with E-state index in [4.69, 9.17) is 16.7 Å². The summed E-state index contributed by atoms with van der Waals surface area (Å²) in [4.78, 5) is 7.16. The van der Waals surface area contributed by atoms with E-state index in [1.165, 1.54) is 11.1 Å². The monoisotopic (exact) mass is 486 g/mol. The van der Waals surface area contributed by atoms with E-state index in [0.717, 1.165) is 66.8 Å². The fourth-order valence-corrected chi connectivity index (χ4v) is 4.12. The van der Waals surface area contributed by atoms with Crippen LogP contribution in [0.5, 0.6) is 0 Å². The zero-order valence-electron chi connectivity index (χ0n) is 21.6. The van der Waals surface area contributed by atoms with E-state index in [-0.39, 0.29) is 0 Å². The lowest BCUT2D eigenvalue weighted by molar-refractivity contribution is 0.694. The smallest absolute Gasteiger partial charge is 0.166 e. The summed E-state index contributed by atoms with van der Waals surface area (Å²) in [6, 6.07) is 18.1. The zero-order chi connectivity index (χ0) is 26.1. The van der Waals surface area contributed by atoms with Crippen LogP contribution in [0, 0.1) is 6.92 Å². The van der Waals surface area contributed by atoms with Crippen molar-refractivity contribution in [1.29, 1.82) is 0 Å². The Hall–Kier alpha value is -4.04. The minimum Gasteiger partial charge on any atom is -0.341 e. The van der Waals surface area contributed by atoms with Crippen molar-refractivity contribution in [3.63, 3.8) is 0 Å².